The van der Waals surface area contributed by atoms with E-state index in [4.69, 9.17) is 9.47 Å². The summed E-state index contributed by atoms with van der Waals surface area (Å²) in [5.74, 6) is 1.13. The highest BCUT2D eigenvalue weighted by Gasteiger charge is 2.04. The normalized spacial score (nSPS) is 10.6. The minimum atomic E-state index is -0.241. The molecule has 0 bridgehead atoms. The van der Waals surface area contributed by atoms with E-state index >= 15 is 0 Å². The van der Waals surface area contributed by atoms with Crippen molar-refractivity contribution in [1.29, 1.82) is 0 Å². The Hall–Kier alpha value is -2.34. The molecule has 0 fully saturated rings. The maximum atomic E-state index is 11.8. The van der Waals surface area contributed by atoms with E-state index in [0.717, 1.165) is 11.3 Å². The topological polar surface area (TPSA) is 60.5 Å². The predicted molar refractivity (Wildman–Crippen MR) is 84.1 cm³/mol. The molecule has 2 rings (SSSR count). The van der Waals surface area contributed by atoms with Crippen LogP contribution in [0.3, 0.4) is 0 Å². The summed E-state index contributed by atoms with van der Waals surface area (Å²) < 4.78 is 10.4. The molecule has 0 aliphatic rings. The van der Waals surface area contributed by atoms with Crippen molar-refractivity contribution in [2.45, 2.75) is 6.92 Å². The van der Waals surface area contributed by atoms with Gasteiger partial charge in [-0.3, -0.25) is 10.1 Å². The number of benzene rings is 1. The Morgan fingerprint density at radius 3 is 2.76 bits per heavy atom. The van der Waals surface area contributed by atoms with Gasteiger partial charge in [-0.05, 0) is 31.2 Å². The van der Waals surface area contributed by atoms with Crippen molar-refractivity contribution >= 4 is 28.5 Å². The molecule has 0 unspecified atom stereocenters. The molecule has 0 aliphatic carbocycles. The zero-order valence-electron chi connectivity index (χ0n) is 12.0. The van der Waals surface area contributed by atoms with Crippen LogP contribution in [0.4, 0.5) is 5.13 Å². The van der Waals surface area contributed by atoms with Gasteiger partial charge in [0.25, 0.3) is 0 Å². The average molecular weight is 304 g/mol. The molecule has 110 valence electrons. The number of hydrogen-bond donors (Lipinski definition) is 1. The van der Waals surface area contributed by atoms with Gasteiger partial charge in [-0.1, -0.05) is 0 Å². The predicted octanol–water partition coefficient (Wildman–Crippen LogP) is 3.12. The van der Waals surface area contributed by atoms with E-state index in [1.54, 1.807) is 38.5 Å². The standard InChI is InChI=1S/C15H16N2O3S/c1-10-9-21-15(16-10)17-14(18)7-4-11-8-12(19-2)5-6-13(11)20-3/h4-9H,1-3H3,(H,16,17,18). The van der Waals surface area contributed by atoms with Crippen molar-refractivity contribution < 1.29 is 14.3 Å². The van der Waals surface area contributed by atoms with Gasteiger partial charge in [0.1, 0.15) is 11.5 Å². The molecule has 2 aromatic rings. The molecule has 6 heteroatoms. The zero-order valence-corrected chi connectivity index (χ0v) is 12.9. The van der Waals surface area contributed by atoms with E-state index in [9.17, 15) is 4.79 Å². The quantitative estimate of drug-likeness (QED) is 0.862. The van der Waals surface area contributed by atoms with Crippen molar-refractivity contribution in [3.8, 4) is 11.5 Å². The summed E-state index contributed by atoms with van der Waals surface area (Å²) in [4.78, 5) is 16.0. The number of rotatable bonds is 5. The highest BCUT2D eigenvalue weighted by molar-refractivity contribution is 7.13. The van der Waals surface area contributed by atoms with Crippen LogP contribution in [0.25, 0.3) is 6.08 Å². The third-order valence-corrected chi connectivity index (χ3v) is 3.58. The van der Waals surface area contributed by atoms with E-state index in [1.807, 2.05) is 12.3 Å². The molecule has 1 aromatic heterocycles. The number of anilines is 1. The fraction of sp³-hybridized carbons (Fsp3) is 0.200. The summed E-state index contributed by atoms with van der Waals surface area (Å²) in [6.07, 6.45) is 3.12. The fourth-order valence-electron chi connectivity index (χ4n) is 1.69. The molecule has 1 heterocycles. The lowest BCUT2D eigenvalue weighted by molar-refractivity contribution is -0.111. The molecule has 0 saturated carbocycles. The smallest absolute Gasteiger partial charge is 0.250 e. The largest absolute Gasteiger partial charge is 0.497 e. The number of amides is 1. The molecule has 21 heavy (non-hydrogen) atoms. The number of ether oxygens (including phenoxy) is 2. The van der Waals surface area contributed by atoms with Crippen LogP contribution in [0, 0.1) is 6.92 Å². The lowest BCUT2D eigenvalue weighted by Gasteiger charge is -2.07. The number of methoxy groups -OCH3 is 2. The first-order chi connectivity index (χ1) is 10.1. The first kappa shape index (κ1) is 15.1. The van der Waals surface area contributed by atoms with Crippen LogP contribution in [0.2, 0.25) is 0 Å². The van der Waals surface area contributed by atoms with Crippen LogP contribution in [0.5, 0.6) is 11.5 Å². The van der Waals surface area contributed by atoms with Gasteiger partial charge in [-0.15, -0.1) is 11.3 Å². The number of hydrogen-bond acceptors (Lipinski definition) is 5. The number of aromatic nitrogens is 1. The number of carbonyl (C=O) groups is 1. The molecule has 0 spiro atoms. The van der Waals surface area contributed by atoms with Crippen molar-refractivity contribution in [1.82, 2.24) is 4.98 Å². The zero-order chi connectivity index (χ0) is 15.2. The van der Waals surface area contributed by atoms with Crippen LogP contribution >= 0.6 is 11.3 Å². The van der Waals surface area contributed by atoms with Crippen molar-refractivity contribution in [2.75, 3.05) is 19.5 Å². The third-order valence-electron chi connectivity index (χ3n) is 2.70. The highest BCUT2D eigenvalue weighted by Crippen LogP contribution is 2.25. The minimum absolute atomic E-state index is 0.241. The van der Waals surface area contributed by atoms with E-state index in [2.05, 4.69) is 10.3 Å². The van der Waals surface area contributed by atoms with Gasteiger partial charge >= 0.3 is 0 Å². The Labute approximate surface area is 127 Å². The van der Waals surface area contributed by atoms with Gasteiger partial charge in [0.15, 0.2) is 5.13 Å². The first-order valence-electron chi connectivity index (χ1n) is 6.25. The lowest BCUT2D eigenvalue weighted by Crippen LogP contribution is -2.07. The summed E-state index contributed by atoms with van der Waals surface area (Å²) >= 11 is 1.39. The molecule has 1 amide bonds. The van der Waals surface area contributed by atoms with Crippen LogP contribution in [0.15, 0.2) is 29.7 Å². The molecule has 5 nitrogen and oxygen atoms in total. The SMILES string of the molecule is COc1ccc(OC)c(C=CC(=O)Nc2nc(C)cs2)c1. The maximum Gasteiger partial charge on any atom is 0.250 e. The second-order valence-corrected chi connectivity index (χ2v) is 5.08. The third kappa shape index (κ3) is 4.06. The molecular weight excluding hydrogens is 288 g/mol. The molecule has 0 atom stereocenters. The Kier molecular flexibility index (Phi) is 4.94. The molecule has 0 saturated heterocycles. The van der Waals surface area contributed by atoms with E-state index in [1.165, 1.54) is 17.4 Å². The molecule has 1 N–H and O–H groups in total. The van der Waals surface area contributed by atoms with Crippen molar-refractivity contribution in [3.63, 3.8) is 0 Å². The van der Waals surface area contributed by atoms with Crippen LogP contribution in [0.1, 0.15) is 11.3 Å². The monoisotopic (exact) mass is 304 g/mol. The second-order valence-electron chi connectivity index (χ2n) is 4.22. The highest BCUT2D eigenvalue weighted by atomic mass is 32.1. The number of nitrogens with one attached hydrogen (secondary N) is 1. The molecular formula is C15H16N2O3S. The van der Waals surface area contributed by atoms with Crippen molar-refractivity contribution in [3.05, 3.63) is 40.9 Å². The van der Waals surface area contributed by atoms with Crippen LogP contribution < -0.4 is 14.8 Å². The van der Waals surface area contributed by atoms with Crippen LogP contribution in [-0.4, -0.2) is 25.1 Å². The number of nitrogens with zero attached hydrogens (tertiary/aromatic N) is 1. The Morgan fingerprint density at radius 1 is 1.33 bits per heavy atom. The Balaban J connectivity index is 2.10. The summed E-state index contributed by atoms with van der Waals surface area (Å²) in [7, 11) is 3.17. The first-order valence-corrected chi connectivity index (χ1v) is 7.13. The van der Waals surface area contributed by atoms with Crippen LogP contribution in [-0.2, 0) is 4.79 Å². The van der Waals surface area contributed by atoms with Gasteiger partial charge in [0, 0.05) is 17.0 Å². The summed E-state index contributed by atoms with van der Waals surface area (Å²) in [5.41, 5.74) is 1.65. The Bertz CT molecular complexity index is 665. The maximum absolute atomic E-state index is 11.8. The number of carbonyl (C=O) groups excluding carboxylic acids is 1. The van der Waals surface area contributed by atoms with E-state index < -0.39 is 0 Å². The van der Waals surface area contributed by atoms with Crippen molar-refractivity contribution in [2.24, 2.45) is 0 Å². The average Bonchev–Trinajstić information content (AvgIpc) is 2.89. The van der Waals surface area contributed by atoms with Gasteiger partial charge < -0.3 is 9.47 Å². The number of aryl methyl sites for hydroxylation is 1. The lowest BCUT2D eigenvalue weighted by atomic mass is 10.1. The summed E-state index contributed by atoms with van der Waals surface area (Å²) in [6.45, 7) is 1.88. The summed E-state index contributed by atoms with van der Waals surface area (Å²) in [5, 5.41) is 5.17. The second kappa shape index (κ2) is 6.90. The molecule has 0 radical (unpaired) electrons. The van der Waals surface area contributed by atoms with E-state index in [0.29, 0.717) is 16.6 Å². The van der Waals surface area contributed by atoms with E-state index in [-0.39, 0.29) is 5.91 Å². The Morgan fingerprint density at radius 2 is 2.14 bits per heavy atom. The van der Waals surface area contributed by atoms with Gasteiger partial charge in [0.05, 0.1) is 19.9 Å². The summed E-state index contributed by atoms with van der Waals surface area (Å²) in [6, 6.07) is 5.39. The van der Waals surface area contributed by atoms with Gasteiger partial charge in [-0.2, -0.15) is 0 Å². The van der Waals surface area contributed by atoms with Gasteiger partial charge in [-0.25, -0.2) is 4.98 Å². The molecule has 0 aliphatic heterocycles. The minimum Gasteiger partial charge on any atom is -0.497 e. The van der Waals surface area contributed by atoms with Gasteiger partial charge in [0.2, 0.25) is 5.91 Å². The molecule has 1 aromatic carbocycles. The number of thiazole rings is 1. The fourth-order valence-corrected chi connectivity index (χ4v) is 2.38.